The molecule has 1 amide bonds. The monoisotopic (exact) mass is 363 g/mol. The molecule has 0 aliphatic heterocycles. The molecule has 0 fully saturated rings. The van der Waals surface area contributed by atoms with Crippen molar-refractivity contribution in [2.45, 2.75) is 45.6 Å². The maximum atomic E-state index is 12.0. The maximum Gasteiger partial charge on any atom is 0.225 e. The number of aromatic nitrogens is 2. The Labute approximate surface area is 140 Å². The lowest BCUT2D eigenvalue weighted by atomic mass is 10.1. The molecular formula is C17H22BrN3O. The zero-order valence-electron chi connectivity index (χ0n) is 12.9. The Hall–Kier alpha value is -1.62. The van der Waals surface area contributed by atoms with Crippen LogP contribution in [-0.2, 0) is 17.8 Å². The number of halogens is 1. The second kappa shape index (κ2) is 8.73. The SMILES string of the molecule is CCCn1nccc1NC(=O)CCCCc1ccc(Br)cc1. The van der Waals surface area contributed by atoms with E-state index in [1.165, 1.54) is 5.56 Å². The van der Waals surface area contributed by atoms with E-state index in [0.29, 0.717) is 6.42 Å². The third-order valence-electron chi connectivity index (χ3n) is 3.45. The highest BCUT2D eigenvalue weighted by Crippen LogP contribution is 2.13. The summed E-state index contributed by atoms with van der Waals surface area (Å²) < 4.78 is 2.93. The minimum absolute atomic E-state index is 0.0636. The van der Waals surface area contributed by atoms with Crippen molar-refractivity contribution in [2.75, 3.05) is 5.32 Å². The van der Waals surface area contributed by atoms with E-state index in [9.17, 15) is 4.79 Å². The van der Waals surface area contributed by atoms with E-state index in [2.05, 4.69) is 57.5 Å². The van der Waals surface area contributed by atoms with Crippen LogP contribution in [0.15, 0.2) is 41.0 Å². The van der Waals surface area contributed by atoms with Crippen molar-refractivity contribution in [2.24, 2.45) is 0 Å². The first-order valence-electron chi connectivity index (χ1n) is 7.75. The number of benzene rings is 1. The minimum atomic E-state index is 0.0636. The number of nitrogens with zero attached hydrogens (tertiary/aromatic N) is 2. The van der Waals surface area contributed by atoms with E-state index >= 15 is 0 Å². The Morgan fingerprint density at radius 3 is 2.73 bits per heavy atom. The Morgan fingerprint density at radius 2 is 2.00 bits per heavy atom. The van der Waals surface area contributed by atoms with E-state index in [-0.39, 0.29) is 5.91 Å². The lowest BCUT2D eigenvalue weighted by Crippen LogP contribution is -2.15. The van der Waals surface area contributed by atoms with Crippen molar-refractivity contribution >= 4 is 27.7 Å². The van der Waals surface area contributed by atoms with Crippen molar-refractivity contribution in [1.29, 1.82) is 0 Å². The van der Waals surface area contributed by atoms with Crippen molar-refractivity contribution in [3.8, 4) is 0 Å². The van der Waals surface area contributed by atoms with E-state index < -0.39 is 0 Å². The average Bonchev–Trinajstić information content (AvgIpc) is 2.93. The van der Waals surface area contributed by atoms with Gasteiger partial charge in [0.2, 0.25) is 5.91 Å². The number of unbranched alkanes of at least 4 members (excludes halogenated alkanes) is 1. The molecule has 0 saturated carbocycles. The van der Waals surface area contributed by atoms with Gasteiger partial charge in [0.15, 0.2) is 0 Å². The van der Waals surface area contributed by atoms with Gasteiger partial charge in [-0.05, 0) is 43.4 Å². The zero-order chi connectivity index (χ0) is 15.8. The van der Waals surface area contributed by atoms with Gasteiger partial charge in [-0.3, -0.25) is 4.79 Å². The summed E-state index contributed by atoms with van der Waals surface area (Å²) in [5.74, 6) is 0.855. The predicted molar refractivity (Wildman–Crippen MR) is 92.8 cm³/mol. The number of hydrogen-bond donors (Lipinski definition) is 1. The summed E-state index contributed by atoms with van der Waals surface area (Å²) in [7, 11) is 0. The van der Waals surface area contributed by atoms with Gasteiger partial charge in [-0.2, -0.15) is 5.10 Å². The van der Waals surface area contributed by atoms with Crippen LogP contribution in [0.25, 0.3) is 0 Å². The van der Waals surface area contributed by atoms with Crippen LogP contribution in [0.4, 0.5) is 5.82 Å². The second-order valence-corrected chi connectivity index (χ2v) is 6.24. The maximum absolute atomic E-state index is 12.0. The molecule has 1 aromatic carbocycles. The van der Waals surface area contributed by atoms with Crippen LogP contribution in [0.3, 0.4) is 0 Å². The van der Waals surface area contributed by atoms with Crippen LogP contribution in [-0.4, -0.2) is 15.7 Å². The Morgan fingerprint density at radius 1 is 1.23 bits per heavy atom. The first-order chi connectivity index (χ1) is 10.7. The topological polar surface area (TPSA) is 46.9 Å². The lowest BCUT2D eigenvalue weighted by Gasteiger charge is -2.08. The van der Waals surface area contributed by atoms with E-state index in [1.807, 2.05) is 10.7 Å². The number of anilines is 1. The number of carbonyl (C=O) groups excluding carboxylic acids is 1. The highest BCUT2D eigenvalue weighted by molar-refractivity contribution is 9.10. The second-order valence-electron chi connectivity index (χ2n) is 5.32. The Kier molecular flexibility index (Phi) is 6.65. The van der Waals surface area contributed by atoms with E-state index in [0.717, 1.165) is 42.5 Å². The molecule has 0 spiro atoms. The summed E-state index contributed by atoms with van der Waals surface area (Å²) in [5, 5.41) is 7.14. The van der Waals surface area contributed by atoms with Crippen LogP contribution in [0.1, 0.15) is 38.2 Å². The fourth-order valence-corrected chi connectivity index (χ4v) is 2.56. The molecule has 0 radical (unpaired) electrons. The molecule has 0 saturated heterocycles. The van der Waals surface area contributed by atoms with Crippen molar-refractivity contribution in [3.05, 3.63) is 46.6 Å². The zero-order valence-corrected chi connectivity index (χ0v) is 14.5. The third kappa shape index (κ3) is 5.30. The molecular weight excluding hydrogens is 342 g/mol. The summed E-state index contributed by atoms with van der Waals surface area (Å²) in [4.78, 5) is 12.0. The van der Waals surface area contributed by atoms with Crippen LogP contribution in [0, 0.1) is 0 Å². The quantitative estimate of drug-likeness (QED) is 0.706. The summed E-state index contributed by atoms with van der Waals surface area (Å²) >= 11 is 3.43. The Bertz CT molecular complexity index is 592. The number of rotatable bonds is 8. The first kappa shape index (κ1) is 16.7. The van der Waals surface area contributed by atoms with Crippen molar-refractivity contribution in [1.82, 2.24) is 9.78 Å². The molecule has 4 nitrogen and oxygen atoms in total. The third-order valence-corrected chi connectivity index (χ3v) is 3.98. The number of carbonyl (C=O) groups is 1. The first-order valence-corrected chi connectivity index (χ1v) is 8.54. The van der Waals surface area contributed by atoms with Crippen LogP contribution in [0.2, 0.25) is 0 Å². The highest BCUT2D eigenvalue weighted by Gasteiger charge is 2.06. The lowest BCUT2D eigenvalue weighted by molar-refractivity contribution is -0.116. The van der Waals surface area contributed by atoms with E-state index in [4.69, 9.17) is 0 Å². The van der Waals surface area contributed by atoms with Gasteiger partial charge in [-0.15, -0.1) is 0 Å². The molecule has 5 heteroatoms. The molecule has 0 aliphatic carbocycles. The summed E-state index contributed by atoms with van der Waals surface area (Å²) in [5.41, 5.74) is 1.31. The fourth-order valence-electron chi connectivity index (χ4n) is 2.30. The van der Waals surface area contributed by atoms with Gasteiger partial charge in [-0.25, -0.2) is 4.68 Å². The number of nitrogens with one attached hydrogen (secondary N) is 1. The molecule has 0 bridgehead atoms. The van der Waals surface area contributed by atoms with Crippen LogP contribution >= 0.6 is 15.9 Å². The molecule has 1 aromatic heterocycles. The minimum Gasteiger partial charge on any atom is -0.311 e. The molecule has 0 atom stereocenters. The Balaban J connectivity index is 1.69. The van der Waals surface area contributed by atoms with Gasteiger partial charge in [-0.1, -0.05) is 35.0 Å². The molecule has 0 unspecified atom stereocenters. The number of hydrogen-bond acceptors (Lipinski definition) is 2. The van der Waals surface area contributed by atoms with Crippen LogP contribution < -0.4 is 5.32 Å². The van der Waals surface area contributed by atoms with Gasteiger partial charge in [0.25, 0.3) is 0 Å². The average molecular weight is 364 g/mol. The molecule has 1 heterocycles. The van der Waals surface area contributed by atoms with Crippen molar-refractivity contribution in [3.63, 3.8) is 0 Å². The van der Waals surface area contributed by atoms with Gasteiger partial charge < -0.3 is 5.32 Å². The normalized spacial score (nSPS) is 10.6. The van der Waals surface area contributed by atoms with Gasteiger partial charge in [0.05, 0.1) is 6.20 Å². The van der Waals surface area contributed by atoms with Gasteiger partial charge >= 0.3 is 0 Å². The van der Waals surface area contributed by atoms with Crippen molar-refractivity contribution < 1.29 is 4.79 Å². The molecule has 22 heavy (non-hydrogen) atoms. The number of amides is 1. The largest absolute Gasteiger partial charge is 0.311 e. The smallest absolute Gasteiger partial charge is 0.225 e. The standard InChI is InChI=1S/C17H22BrN3O/c1-2-13-21-16(11-12-19-21)20-17(22)6-4-3-5-14-7-9-15(18)10-8-14/h7-12H,2-6,13H2,1H3,(H,20,22). The summed E-state index contributed by atoms with van der Waals surface area (Å²) in [6, 6.07) is 10.2. The van der Waals surface area contributed by atoms with E-state index in [1.54, 1.807) is 6.20 Å². The predicted octanol–water partition coefficient (Wildman–Crippen LogP) is 4.41. The summed E-state index contributed by atoms with van der Waals surface area (Å²) in [6.45, 7) is 2.92. The summed E-state index contributed by atoms with van der Waals surface area (Å²) in [6.07, 6.45) is 6.19. The molecule has 118 valence electrons. The van der Waals surface area contributed by atoms with Crippen LogP contribution in [0.5, 0.6) is 0 Å². The molecule has 0 aliphatic rings. The molecule has 2 rings (SSSR count). The van der Waals surface area contributed by atoms with Gasteiger partial charge in [0, 0.05) is 23.5 Å². The fraction of sp³-hybridized carbons (Fsp3) is 0.412. The number of aryl methyl sites for hydroxylation is 2. The highest BCUT2D eigenvalue weighted by atomic mass is 79.9. The van der Waals surface area contributed by atoms with Gasteiger partial charge in [0.1, 0.15) is 5.82 Å². The molecule has 1 N–H and O–H groups in total. The molecule has 2 aromatic rings.